The van der Waals surface area contributed by atoms with Crippen molar-refractivity contribution in [3.63, 3.8) is 0 Å². The molecule has 2 aromatic rings. The van der Waals surface area contributed by atoms with Crippen LogP contribution in [0.1, 0.15) is 50.6 Å². The topological polar surface area (TPSA) is 42.7 Å². The van der Waals surface area contributed by atoms with E-state index < -0.39 is 0 Å². The Bertz CT molecular complexity index is 549. The lowest BCUT2D eigenvalue weighted by molar-refractivity contribution is 0.565. The number of hydrogen-bond acceptors (Lipinski definition) is 3. The van der Waals surface area contributed by atoms with Crippen LogP contribution < -0.4 is 5.32 Å². The molecule has 1 heterocycles. The van der Waals surface area contributed by atoms with Gasteiger partial charge in [-0.1, -0.05) is 57.2 Å². The number of benzene rings is 1. The van der Waals surface area contributed by atoms with Gasteiger partial charge in [-0.05, 0) is 23.1 Å². The number of rotatable bonds is 4. The van der Waals surface area contributed by atoms with Crippen molar-refractivity contribution in [3.8, 4) is 0 Å². The van der Waals surface area contributed by atoms with E-state index in [1.165, 1.54) is 11.1 Å². The van der Waals surface area contributed by atoms with Crippen molar-refractivity contribution in [1.82, 2.24) is 20.3 Å². The van der Waals surface area contributed by atoms with Crippen LogP contribution in [0.15, 0.2) is 30.5 Å². The second kappa shape index (κ2) is 5.75. The van der Waals surface area contributed by atoms with Gasteiger partial charge in [-0.2, -0.15) is 0 Å². The van der Waals surface area contributed by atoms with E-state index in [4.69, 9.17) is 0 Å². The smallest absolute Gasteiger partial charge is 0.0798 e. The van der Waals surface area contributed by atoms with Gasteiger partial charge in [0.1, 0.15) is 0 Å². The fourth-order valence-corrected chi connectivity index (χ4v) is 2.33. The molecular weight excluding hydrogens is 248 g/mol. The van der Waals surface area contributed by atoms with Gasteiger partial charge in [-0.3, -0.25) is 4.68 Å². The predicted molar refractivity (Wildman–Crippen MR) is 81.7 cm³/mol. The number of nitrogens with zero attached hydrogens (tertiary/aromatic N) is 3. The summed E-state index contributed by atoms with van der Waals surface area (Å²) in [5.74, 6) is 0. The summed E-state index contributed by atoms with van der Waals surface area (Å²) in [5.41, 5.74) is 3.85. The molecule has 0 aliphatic rings. The van der Waals surface area contributed by atoms with Crippen LogP contribution in [0.4, 0.5) is 0 Å². The molecule has 0 bridgehead atoms. The lowest BCUT2D eigenvalue weighted by atomic mass is 9.86. The first kappa shape index (κ1) is 14.7. The molecule has 4 nitrogen and oxygen atoms in total. The van der Waals surface area contributed by atoms with Crippen molar-refractivity contribution in [2.75, 3.05) is 6.54 Å². The van der Waals surface area contributed by atoms with E-state index in [9.17, 15) is 0 Å². The Labute approximate surface area is 121 Å². The molecule has 1 atom stereocenters. The van der Waals surface area contributed by atoms with Gasteiger partial charge in [0.25, 0.3) is 0 Å². The minimum atomic E-state index is 0.133. The SMILES string of the molecule is CCNC(c1ccc(C(C)(C)C)cc1)c1cnnn1C. The van der Waals surface area contributed by atoms with Gasteiger partial charge in [-0.15, -0.1) is 5.10 Å². The van der Waals surface area contributed by atoms with Crippen LogP contribution in [0.2, 0.25) is 0 Å². The predicted octanol–water partition coefficient (Wildman–Crippen LogP) is 2.81. The summed E-state index contributed by atoms with van der Waals surface area (Å²) in [4.78, 5) is 0. The summed E-state index contributed by atoms with van der Waals surface area (Å²) in [7, 11) is 1.93. The number of aryl methyl sites for hydroxylation is 1. The lowest BCUT2D eigenvalue weighted by Gasteiger charge is -2.22. The van der Waals surface area contributed by atoms with E-state index in [-0.39, 0.29) is 11.5 Å². The Morgan fingerprint density at radius 1 is 1.20 bits per heavy atom. The van der Waals surface area contributed by atoms with E-state index in [2.05, 4.69) is 67.6 Å². The molecule has 0 radical (unpaired) electrons. The number of hydrogen-bond donors (Lipinski definition) is 1. The molecule has 2 rings (SSSR count). The third kappa shape index (κ3) is 3.07. The Balaban J connectivity index is 2.33. The zero-order valence-corrected chi connectivity index (χ0v) is 13.0. The fraction of sp³-hybridized carbons (Fsp3) is 0.500. The molecule has 0 fully saturated rings. The molecule has 0 aliphatic carbocycles. The van der Waals surface area contributed by atoms with Gasteiger partial charge in [0.05, 0.1) is 17.9 Å². The highest BCUT2D eigenvalue weighted by Crippen LogP contribution is 2.26. The van der Waals surface area contributed by atoms with E-state index in [1.54, 1.807) is 0 Å². The van der Waals surface area contributed by atoms with Crippen molar-refractivity contribution < 1.29 is 0 Å². The Kier molecular flexibility index (Phi) is 4.23. The maximum Gasteiger partial charge on any atom is 0.0798 e. The molecule has 108 valence electrons. The number of aromatic nitrogens is 3. The first-order valence-electron chi connectivity index (χ1n) is 7.12. The molecular formula is C16H24N4. The van der Waals surface area contributed by atoms with Crippen LogP contribution in [-0.4, -0.2) is 21.5 Å². The standard InChI is InChI=1S/C16H24N4/c1-6-17-15(14-11-18-19-20(14)5)12-7-9-13(10-8-12)16(2,3)4/h7-11,15,17H,6H2,1-5H3. The molecule has 0 amide bonds. The highest BCUT2D eigenvalue weighted by molar-refractivity contribution is 5.32. The molecule has 1 unspecified atom stereocenters. The third-order valence-electron chi connectivity index (χ3n) is 3.56. The van der Waals surface area contributed by atoms with Gasteiger partial charge < -0.3 is 5.32 Å². The minimum absolute atomic E-state index is 0.133. The Hall–Kier alpha value is -1.68. The average Bonchev–Trinajstić information content (AvgIpc) is 2.81. The van der Waals surface area contributed by atoms with Crippen LogP contribution in [0.5, 0.6) is 0 Å². The van der Waals surface area contributed by atoms with Gasteiger partial charge >= 0.3 is 0 Å². The molecule has 0 saturated heterocycles. The second-order valence-electron chi connectivity index (χ2n) is 6.15. The first-order chi connectivity index (χ1) is 9.43. The Morgan fingerprint density at radius 3 is 2.30 bits per heavy atom. The molecule has 0 saturated carbocycles. The van der Waals surface area contributed by atoms with Gasteiger partial charge in [0, 0.05) is 7.05 Å². The minimum Gasteiger partial charge on any atom is -0.305 e. The Morgan fingerprint density at radius 2 is 1.85 bits per heavy atom. The highest BCUT2D eigenvalue weighted by atomic mass is 15.4. The summed E-state index contributed by atoms with van der Waals surface area (Å²) >= 11 is 0. The molecule has 0 aliphatic heterocycles. The molecule has 20 heavy (non-hydrogen) atoms. The van der Waals surface area contributed by atoms with E-state index in [0.29, 0.717) is 0 Å². The summed E-state index contributed by atoms with van der Waals surface area (Å²) < 4.78 is 1.82. The van der Waals surface area contributed by atoms with Crippen molar-refractivity contribution in [1.29, 1.82) is 0 Å². The second-order valence-corrected chi connectivity index (χ2v) is 6.15. The maximum absolute atomic E-state index is 4.03. The largest absolute Gasteiger partial charge is 0.305 e. The molecule has 4 heteroatoms. The monoisotopic (exact) mass is 272 g/mol. The van der Waals surface area contributed by atoms with Crippen molar-refractivity contribution in [2.45, 2.75) is 39.2 Å². The summed E-state index contributed by atoms with van der Waals surface area (Å²) in [5, 5.41) is 11.5. The van der Waals surface area contributed by atoms with Crippen molar-refractivity contribution >= 4 is 0 Å². The van der Waals surface area contributed by atoms with Gasteiger partial charge in [-0.25, -0.2) is 0 Å². The van der Waals surface area contributed by atoms with Crippen LogP contribution >= 0.6 is 0 Å². The summed E-state index contributed by atoms with van der Waals surface area (Å²) in [6, 6.07) is 8.95. The van der Waals surface area contributed by atoms with Crippen LogP contribution in [0.3, 0.4) is 0 Å². The van der Waals surface area contributed by atoms with E-state index in [0.717, 1.165) is 12.2 Å². The maximum atomic E-state index is 4.03. The molecule has 0 spiro atoms. The molecule has 1 N–H and O–H groups in total. The highest BCUT2D eigenvalue weighted by Gasteiger charge is 2.18. The quantitative estimate of drug-likeness (QED) is 0.930. The zero-order valence-electron chi connectivity index (χ0n) is 13.0. The molecule has 1 aromatic carbocycles. The van der Waals surface area contributed by atoms with E-state index in [1.807, 2.05) is 17.9 Å². The van der Waals surface area contributed by atoms with Crippen molar-refractivity contribution in [2.24, 2.45) is 7.05 Å². The van der Waals surface area contributed by atoms with Crippen LogP contribution in [-0.2, 0) is 12.5 Å². The average molecular weight is 272 g/mol. The zero-order chi connectivity index (χ0) is 14.8. The van der Waals surface area contributed by atoms with Crippen molar-refractivity contribution in [3.05, 3.63) is 47.3 Å². The first-order valence-corrected chi connectivity index (χ1v) is 7.12. The number of nitrogens with one attached hydrogen (secondary N) is 1. The van der Waals surface area contributed by atoms with Gasteiger partial charge in [0.15, 0.2) is 0 Å². The van der Waals surface area contributed by atoms with E-state index >= 15 is 0 Å². The summed E-state index contributed by atoms with van der Waals surface area (Å²) in [6.07, 6.45) is 1.82. The normalized spacial score (nSPS) is 13.4. The fourth-order valence-electron chi connectivity index (χ4n) is 2.33. The lowest BCUT2D eigenvalue weighted by Crippen LogP contribution is -2.24. The van der Waals surface area contributed by atoms with Crippen LogP contribution in [0, 0.1) is 0 Å². The van der Waals surface area contributed by atoms with Gasteiger partial charge in [0.2, 0.25) is 0 Å². The molecule has 1 aromatic heterocycles. The summed E-state index contributed by atoms with van der Waals surface area (Å²) in [6.45, 7) is 9.70. The third-order valence-corrected chi connectivity index (χ3v) is 3.56. The van der Waals surface area contributed by atoms with Crippen LogP contribution in [0.25, 0.3) is 0 Å².